The Labute approximate surface area is 206 Å². The maximum Gasteiger partial charge on any atom is 0.333 e. The van der Waals surface area contributed by atoms with E-state index in [1.165, 1.54) is 12.5 Å². The van der Waals surface area contributed by atoms with E-state index in [1.807, 2.05) is 30.3 Å². The van der Waals surface area contributed by atoms with Gasteiger partial charge in [0.2, 0.25) is 5.78 Å². The van der Waals surface area contributed by atoms with E-state index < -0.39 is 46.9 Å². The minimum Gasteiger partial charge on any atom is -0.390 e. The van der Waals surface area contributed by atoms with E-state index >= 15 is 0 Å². The summed E-state index contributed by atoms with van der Waals surface area (Å²) < 4.78 is 28.2. The fraction of sp³-hybridized carbons (Fsp3) is 0.333. The van der Waals surface area contributed by atoms with Crippen LogP contribution < -0.4 is 10.5 Å². The van der Waals surface area contributed by atoms with Gasteiger partial charge in [-0.2, -0.15) is 13.5 Å². The average molecular weight is 523 g/mol. The molecule has 0 spiro atoms. The molecule has 1 saturated carbocycles. The molecule has 1 fully saturated rings. The molecular formula is C21H23ClN6O6S. The molecule has 186 valence electrons. The smallest absolute Gasteiger partial charge is 0.333 e. The topological polar surface area (TPSA) is 183 Å². The number of nitrogens with one attached hydrogen (secondary N) is 1. The lowest BCUT2D eigenvalue weighted by atomic mass is 10.1. The molecule has 3 aromatic rings. The third kappa shape index (κ3) is 6.01. The number of aliphatic hydroxyl groups is 2. The minimum absolute atomic E-state index is 0.00637. The molecule has 1 aliphatic carbocycles. The maximum absolute atomic E-state index is 13.3. The number of hydrogen-bond acceptors (Lipinski definition) is 10. The zero-order valence-electron chi connectivity index (χ0n) is 18.2. The Morgan fingerprint density at radius 1 is 1.26 bits per heavy atom. The molecule has 1 aromatic carbocycles. The Balaban J connectivity index is 1.51. The second kappa shape index (κ2) is 10.4. The van der Waals surface area contributed by atoms with E-state index in [0.29, 0.717) is 6.54 Å². The molecule has 2 aromatic heterocycles. The molecule has 0 amide bonds. The van der Waals surface area contributed by atoms with Crippen molar-refractivity contribution in [2.75, 3.05) is 11.9 Å². The van der Waals surface area contributed by atoms with Crippen LogP contribution >= 0.6 is 11.6 Å². The van der Waals surface area contributed by atoms with Crippen LogP contribution in [0.15, 0.2) is 49.1 Å². The van der Waals surface area contributed by atoms with Gasteiger partial charge in [-0.1, -0.05) is 41.9 Å². The molecule has 0 aliphatic heterocycles. The molecule has 4 rings (SSSR count). The highest BCUT2D eigenvalue weighted by Gasteiger charge is 2.42. The molecule has 12 nitrogen and oxygen atoms in total. The SMILES string of the molecule is NS(=O)(=O)OC[C@H]1C[C@@H](Nc2ncncc2C(=O)c2nn(Cc3ccccc3)cc2Cl)[C@H](O)[C@@H]1O. The average Bonchev–Trinajstić information content (AvgIpc) is 3.31. The molecular weight excluding hydrogens is 500 g/mol. The maximum atomic E-state index is 13.3. The number of aliphatic hydroxyl groups excluding tert-OH is 2. The summed E-state index contributed by atoms with van der Waals surface area (Å²) in [7, 11) is -4.20. The van der Waals surface area contributed by atoms with Gasteiger partial charge in [-0.25, -0.2) is 15.1 Å². The van der Waals surface area contributed by atoms with Crippen LogP contribution in [-0.4, -0.2) is 69.0 Å². The van der Waals surface area contributed by atoms with E-state index in [9.17, 15) is 23.4 Å². The lowest BCUT2D eigenvalue weighted by Gasteiger charge is -2.19. The molecule has 5 N–H and O–H groups in total. The molecule has 0 saturated heterocycles. The van der Waals surface area contributed by atoms with Crippen molar-refractivity contribution in [1.82, 2.24) is 19.7 Å². The van der Waals surface area contributed by atoms with Crippen LogP contribution in [0.5, 0.6) is 0 Å². The van der Waals surface area contributed by atoms with Crippen LogP contribution in [0.4, 0.5) is 5.82 Å². The quantitative estimate of drug-likeness (QED) is 0.286. The predicted molar refractivity (Wildman–Crippen MR) is 125 cm³/mol. The van der Waals surface area contributed by atoms with Crippen LogP contribution in [0.3, 0.4) is 0 Å². The van der Waals surface area contributed by atoms with Gasteiger partial charge in [0.05, 0.1) is 35.9 Å². The highest BCUT2D eigenvalue weighted by Crippen LogP contribution is 2.31. The Bertz CT molecular complexity index is 1300. The number of carbonyl (C=O) groups excluding carboxylic acids is 1. The fourth-order valence-corrected chi connectivity index (χ4v) is 4.53. The highest BCUT2D eigenvalue weighted by atomic mass is 35.5. The summed E-state index contributed by atoms with van der Waals surface area (Å²) in [5, 5.41) is 33.0. The second-order valence-electron chi connectivity index (χ2n) is 8.13. The van der Waals surface area contributed by atoms with Crippen molar-refractivity contribution < 1.29 is 27.6 Å². The second-order valence-corrected chi connectivity index (χ2v) is 9.76. The van der Waals surface area contributed by atoms with Crippen molar-refractivity contribution in [3.63, 3.8) is 0 Å². The van der Waals surface area contributed by atoms with Crippen molar-refractivity contribution in [1.29, 1.82) is 0 Å². The van der Waals surface area contributed by atoms with Crippen molar-refractivity contribution in [2.45, 2.75) is 31.2 Å². The summed E-state index contributed by atoms with van der Waals surface area (Å²) >= 11 is 6.30. The number of halogens is 1. The van der Waals surface area contributed by atoms with Crippen LogP contribution in [0.2, 0.25) is 5.02 Å². The number of hydrogen-bond donors (Lipinski definition) is 4. The summed E-state index contributed by atoms with van der Waals surface area (Å²) in [4.78, 5) is 21.3. The van der Waals surface area contributed by atoms with E-state index in [0.717, 1.165) is 5.56 Å². The van der Waals surface area contributed by atoms with Gasteiger partial charge >= 0.3 is 10.3 Å². The van der Waals surface area contributed by atoms with Gasteiger partial charge in [0, 0.05) is 18.3 Å². The summed E-state index contributed by atoms with van der Waals surface area (Å²) in [6, 6.07) is 8.78. The van der Waals surface area contributed by atoms with Gasteiger partial charge in [0.25, 0.3) is 0 Å². The molecule has 0 unspecified atom stereocenters. The Morgan fingerprint density at radius 2 is 2.00 bits per heavy atom. The number of benzene rings is 1. The van der Waals surface area contributed by atoms with Gasteiger partial charge in [-0.15, -0.1) is 0 Å². The zero-order valence-corrected chi connectivity index (χ0v) is 19.8. The normalized spacial score (nSPS) is 22.3. The Morgan fingerprint density at radius 3 is 2.71 bits per heavy atom. The van der Waals surface area contributed by atoms with Crippen LogP contribution in [0, 0.1) is 5.92 Å². The predicted octanol–water partition coefficient (Wildman–Crippen LogP) is 0.348. The number of aromatic nitrogens is 4. The molecule has 35 heavy (non-hydrogen) atoms. The van der Waals surface area contributed by atoms with E-state index in [4.69, 9.17) is 16.7 Å². The summed E-state index contributed by atoms with van der Waals surface area (Å²) in [6.45, 7) is 0.0115. The summed E-state index contributed by atoms with van der Waals surface area (Å²) in [6.07, 6.45) is 1.62. The number of nitrogens with zero attached hydrogens (tertiary/aromatic N) is 4. The van der Waals surface area contributed by atoms with Crippen molar-refractivity contribution >= 4 is 33.5 Å². The number of nitrogens with two attached hydrogens (primary N) is 1. The fourth-order valence-electron chi connectivity index (χ4n) is 3.93. The van der Waals surface area contributed by atoms with Crippen LogP contribution in [0.25, 0.3) is 0 Å². The highest BCUT2D eigenvalue weighted by molar-refractivity contribution is 7.84. The summed E-state index contributed by atoms with van der Waals surface area (Å²) in [5.41, 5.74) is 1.04. The lowest BCUT2D eigenvalue weighted by molar-refractivity contribution is 0.00778. The summed E-state index contributed by atoms with van der Waals surface area (Å²) in [5.74, 6) is -1.15. The molecule has 0 radical (unpaired) electrons. The number of ketones is 1. The van der Waals surface area contributed by atoms with Crippen molar-refractivity contribution in [3.05, 3.63) is 70.9 Å². The minimum atomic E-state index is -4.20. The third-order valence-electron chi connectivity index (χ3n) is 5.65. The van der Waals surface area contributed by atoms with Crippen LogP contribution in [0.1, 0.15) is 28.0 Å². The van der Waals surface area contributed by atoms with Gasteiger partial charge in [0.15, 0.2) is 5.69 Å². The van der Waals surface area contributed by atoms with E-state index in [1.54, 1.807) is 10.9 Å². The first-order valence-electron chi connectivity index (χ1n) is 10.5. The Hall–Kier alpha value is -2.94. The van der Waals surface area contributed by atoms with Crippen molar-refractivity contribution in [2.24, 2.45) is 11.1 Å². The van der Waals surface area contributed by atoms with Gasteiger partial charge in [-0.3, -0.25) is 13.7 Å². The first-order valence-corrected chi connectivity index (χ1v) is 12.4. The van der Waals surface area contributed by atoms with Crippen molar-refractivity contribution in [3.8, 4) is 0 Å². The van der Waals surface area contributed by atoms with Gasteiger partial charge in [-0.05, 0) is 12.0 Å². The molecule has 4 atom stereocenters. The standard InChI is InChI=1S/C21H23ClN6O6S/c22-15-9-28(8-12-4-2-1-3-5-12)27-17(15)19(30)14-7-24-11-25-21(14)26-16-6-13(18(29)20(16)31)10-34-35(23,32)33/h1-5,7,9,11,13,16,18,20,29,31H,6,8,10H2,(H2,23,32,33)(H,24,25,26)/t13-,16-,18-,20+/m1/s1. The number of rotatable bonds is 9. The number of carbonyl (C=O) groups is 1. The molecule has 14 heteroatoms. The van der Waals surface area contributed by atoms with E-state index in [2.05, 4.69) is 24.6 Å². The number of anilines is 1. The Kier molecular flexibility index (Phi) is 7.44. The van der Waals surface area contributed by atoms with E-state index in [-0.39, 0.29) is 28.5 Å². The largest absolute Gasteiger partial charge is 0.390 e. The van der Waals surface area contributed by atoms with Gasteiger partial charge in [0.1, 0.15) is 18.2 Å². The first-order chi connectivity index (χ1) is 16.6. The van der Waals surface area contributed by atoms with Gasteiger partial charge < -0.3 is 15.5 Å². The van der Waals surface area contributed by atoms with Crippen LogP contribution in [-0.2, 0) is 21.0 Å². The third-order valence-corrected chi connectivity index (χ3v) is 6.39. The lowest BCUT2D eigenvalue weighted by Crippen LogP contribution is -2.36. The molecule has 0 bridgehead atoms. The molecule has 2 heterocycles. The zero-order chi connectivity index (χ0) is 25.2. The molecule has 1 aliphatic rings. The monoisotopic (exact) mass is 522 g/mol. The first kappa shape index (κ1) is 25.2.